The van der Waals surface area contributed by atoms with Gasteiger partial charge in [-0.15, -0.1) is 0 Å². The Morgan fingerprint density at radius 3 is 2.55 bits per heavy atom. The number of hydrogen-bond acceptors (Lipinski definition) is 5. The minimum absolute atomic E-state index is 0.233. The second-order valence-corrected chi connectivity index (χ2v) is 9.05. The topological polar surface area (TPSA) is 116 Å². The van der Waals surface area contributed by atoms with Gasteiger partial charge in [-0.1, -0.05) is 37.1 Å². The third-order valence-electron chi connectivity index (χ3n) is 4.84. The fourth-order valence-corrected chi connectivity index (χ4v) is 3.74. The molecule has 0 aliphatic heterocycles. The van der Waals surface area contributed by atoms with Crippen LogP contribution >= 0.6 is 11.6 Å². The maximum atomic E-state index is 13.7. The summed E-state index contributed by atoms with van der Waals surface area (Å²) in [5.41, 5.74) is 5.35. The molecule has 1 aromatic heterocycles. The average molecular weight is 471 g/mol. The van der Waals surface area contributed by atoms with E-state index in [9.17, 15) is 14.4 Å². The van der Waals surface area contributed by atoms with Gasteiger partial charge in [0.2, 0.25) is 5.91 Å². The fourth-order valence-electron chi connectivity index (χ4n) is 3.49. The fraction of sp³-hybridized carbons (Fsp3) is 0.333. The Bertz CT molecular complexity index is 1260. The number of nitrogens with two attached hydrogens (primary N) is 1. The number of hydrogen-bond donors (Lipinski definition) is 2. The van der Waals surface area contributed by atoms with E-state index in [0.717, 1.165) is 0 Å². The Kier molecular flexibility index (Phi) is 7.07. The van der Waals surface area contributed by atoms with Crippen molar-refractivity contribution >= 4 is 34.5 Å². The average Bonchev–Trinajstić information content (AvgIpc) is 2.72. The summed E-state index contributed by atoms with van der Waals surface area (Å²) >= 11 is 6.34. The van der Waals surface area contributed by atoms with Crippen molar-refractivity contribution in [3.8, 4) is 5.69 Å². The molecule has 2 aromatic carbocycles. The van der Waals surface area contributed by atoms with E-state index in [1.54, 1.807) is 57.2 Å². The molecule has 0 aliphatic rings. The van der Waals surface area contributed by atoms with Crippen molar-refractivity contribution in [2.45, 2.75) is 52.2 Å². The van der Waals surface area contributed by atoms with Crippen molar-refractivity contribution in [3.63, 3.8) is 0 Å². The summed E-state index contributed by atoms with van der Waals surface area (Å²) in [6.45, 7) is 7.26. The predicted molar refractivity (Wildman–Crippen MR) is 128 cm³/mol. The molecule has 8 nitrogen and oxygen atoms in total. The van der Waals surface area contributed by atoms with Gasteiger partial charge < -0.3 is 15.8 Å². The van der Waals surface area contributed by atoms with Crippen LogP contribution in [-0.2, 0) is 4.74 Å². The highest BCUT2D eigenvalue weighted by atomic mass is 35.5. The molecule has 1 atom stereocenters. The van der Waals surface area contributed by atoms with E-state index in [0.29, 0.717) is 29.9 Å². The van der Waals surface area contributed by atoms with Crippen molar-refractivity contribution in [3.05, 3.63) is 69.2 Å². The Labute approximate surface area is 196 Å². The van der Waals surface area contributed by atoms with Gasteiger partial charge in [-0.3, -0.25) is 14.2 Å². The van der Waals surface area contributed by atoms with E-state index in [-0.39, 0.29) is 16.0 Å². The molecule has 174 valence electrons. The van der Waals surface area contributed by atoms with Crippen LogP contribution in [0.15, 0.2) is 47.3 Å². The van der Waals surface area contributed by atoms with Gasteiger partial charge in [0.1, 0.15) is 11.4 Å². The number of aromatic nitrogens is 2. The Balaban J connectivity index is 2.27. The summed E-state index contributed by atoms with van der Waals surface area (Å²) in [6.07, 6.45) is 0.567. The van der Waals surface area contributed by atoms with E-state index in [1.807, 2.05) is 6.92 Å². The normalized spacial score (nSPS) is 12.4. The van der Waals surface area contributed by atoms with Gasteiger partial charge in [-0.25, -0.2) is 9.78 Å². The number of carbonyl (C=O) groups is 2. The van der Waals surface area contributed by atoms with Crippen molar-refractivity contribution < 1.29 is 14.3 Å². The molecule has 0 spiro atoms. The smallest absolute Gasteiger partial charge is 0.408 e. The number of ether oxygens (including phenoxy) is 1. The van der Waals surface area contributed by atoms with Crippen molar-refractivity contribution in [1.29, 1.82) is 0 Å². The van der Waals surface area contributed by atoms with Crippen LogP contribution in [0, 0.1) is 0 Å². The number of halogens is 1. The van der Waals surface area contributed by atoms with Gasteiger partial charge >= 0.3 is 6.09 Å². The van der Waals surface area contributed by atoms with E-state index in [4.69, 9.17) is 27.1 Å². The van der Waals surface area contributed by atoms with Crippen molar-refractivity contribution in [2.75, 3.05) is 0 Å². The van der Waals surface area contributed by atoms with E-state index < -0.39 is 29.2 Å². The van der Waals surface area contributed by atoms with Crippen LogP contribution in [0.1, 0.15) is 62.8 Å². The highest BCUT2D eigenvalue weighted by Crippen LogP contribution is 2.25. The third kappa shape index (κ3) is 5.51. The maximum Gasteiger partial charge on any atom is 0.408 e. The Morgan fingerprint density at radius 2 is 1.91 bits per heavy atom. The summed E-state index contributed by atoms with van der Waals surface area (Å²) in [5, 5.41) is 3.33. The largest absolute Gasteiger partial charge is 0.444 e. The minimum atomic E-state index is -0.694. The SMILES string of the molecule is CCC[C@H](NC(=O)OC(C)(C)C)c1nc2cccc(Cl)c2c(=O)n1-c1cccc(C(N)=O)c1. The van der Waals surface area contributed by atoms with E-state index in [1.165, 1.54) is 10.6 Å². The molecule has 0 fully saturated rings. The first kappa shape index (κ1) is 24.3. The maximum absolute atomic E-state index is 13.7. The summed E-state index contributed by atoms with van der Waals surface area (Å²) in [5.74, 6) is -0.334. The molecule has 0 unspecified atom stereocenters. The second-order valence-electron chi connectivity index (χ2n) is 8.65. The standard InChI is InChI=1S/C24H27ClN4O4/c1-5-8-18(28-23(32)33-24(2,3)4)21-27-17-12-7-11-16(25)19(17)22(31)29(21)15-10-6-9-14(13-15)20(26)30/h6-7,9-13,18H,5,8H2,1-4H3,(H2,26,30)(H,28,32)/t18-/m0/s1. The Hall–Kier alpha value is -3.39. The zero-order chi connectivity index (χ0) is 24.3. The summed E-state index contributed by atoms with van der Waals surface area (Å²) in [7, 11) is 0. The van der Waals surface area contributed by atoms with E-state index >= 15 is 0 Å². The summed E-state index contributed by atoms with van der Waals surface area (Å²) < 4.78 is 6.78. The zero-order valence-electron chi connectivity index (χ0n) is 19.0. The lowest BCUT2D eigenvalue weighted by atomic mass is 10.1. The van der Waals surface area contributed by atoms with Crippen LogP contribution in [0.4, 0.5) is 4.79 Å². The van der Waals surface area contributed by atoms with Gasteiger partial charge in [0.25, 0.3) is 5.56 Å². The summed E-state index contributed by atoms with van der Waals surface area (Å²) in [6, 6.07) is 10.7. The molecule has 3 aromatic rings. The molecule has 0 saturated heterocycles. The van der Waals surface area contributed by atoms with Crippen LogP contribution in [0.3, 0.4) is 0 Å². The lowest BCUT2D eigenvalue weighted by Crippen LogP contribution is -2.38. The number of fused-ring (bicyclic) bond motifs is 1. The van der Waals surface area contributed by atoms with Crippen molar-refractivity contribution in [2.24, 2.45) is 5.73 Å². The van der Waals surface area contributed by atoms with Gasteiger partial charge in [-0.2, -0.15) is 0 Å². The van der Waals surface area contributed by atoms with Crippen LogP contribution in [0.25, 0.3) is 16.6 Å². The quantitative estimate of drug-likeness (QED) is 0.550. The number of carbonyl (C=O) groups excluding carboxylic acids is 2. The van der Waals surface area contributed by atoms with Crippen LogP contribution < -0.4 is 16.6 Å². The minimum Gasteiger partial charge on any atom is -0.444 e. The first-order chi connectivity index (χ1) is 15.5. The molecule has 0 bridgehead atoms. The molecular weight excluding hydrogens is 444 g/mol. The highest BCUT2D eigenvalue weighted by molar-refractivity contribution is 6.35. The molecule has 0 aliphatic carbocycles. The lowest BCUT2D eigenvalue weighted by Gasteiger charge is -2.25. The molecule has 33 heavy (non-hydrogen) atoms. The first-order valence-corrected chi connectivity index (χ1v) is 11.0. The Morgan fingerprint density at radius 1 is 1.21 bits per heavy atom. The van der Waals surface area contributed by atoms with Crippen LogP contribution in [0.2, 0.25) is 5.02 Å². The molecule has 2 amide bonds. The molecule has 3 rings (SSSR count). The number of rotatable bonds is 6. The number of amides is 2. The molecule has 0 saturated carbocycles. The number of nitrogens with one attached hydrogen (secondary N) is 1. The number of primary amides is 1. The highest BCUT2D eigenvalue weighted by Gasteiger charge is 2.26. The number of alkyl carbamates (subject to hydrolysis) is 1. The van der Waals surface area contributed by atoms with Crippen molar-refractivity contribution in [1.82, 2.24) is 14.9 Å². The molecular formula is C24H27ClN4O4. The summed E-state index contributed by atoms with van der Waals surface area (Å²) in [4.78, 5) is 42.7. The zero-order valence-corrected chi connectivity index (χ0v) is 19.8. The van der Waals surface area contributed by atoms with Crippen LogP contribution in [0.5, 0.6) is 0 Å². The van der Waals surface area contributed by atoms with E-state index in [2.05, 4.69) is 5.32 Å². The first-order valence-electron chi connectivity index (χ1n) is 10.6. The van der Waals surface area contributed by atoms with Gasteiger partial charge in [-0.05, 0) is 57.5 Å². The lowest BCUT2D eigenvalue weighted by molar-refractivity contribution is 0.0497. The molecule has 1 heterocycles. The number of nitrogens with zero attached hydrogens (tertiary/aromatic N) is 2. The van der Waals surface area contributed by atoms with Gasteiger partial charge in [0, 0.05) is 5.56 Å². The second kappa shape index (κ2) is 9.62. The van der Waals surface area contributed by atoms with Gasteiger partial charge in [0.05, 0.1) is 27.7 Å². The monoisotopic (exact) mass is 470 g/mol. The van der Waals surface area contributed by atoms with Gasteiger partial charge in [0.15, 0.2) is 0 Å². The molecule has 3 N–H and O–H groups in total. The number of benzene rings is 2. The predicted octanol–water partition coefficient (Wildman–Crippen LogP) is 4.50. The van der Waals surface area contributed by atoms with Crippen LogP contribution in [-0.4, -0.2) is 27.2 Å². The molecule has 9 heteroatoms. The third-order valence-corrected chi connectivity index (χ3v) is 5.16. The molecule has 0 radical (unpaired) electrons.